The van der Waals surface area contributed by atoms with E-state index in [-0.39, 0.29) is 11.7 Å². The van der Waals surface area contributed by atoms with E-state index in [9.17, 15) is 4.79 Å². The Bertz CT molecular complexity index is 1460. The Morgan fingerprint density at radius 1 is 1.11 bits per heavy atom. The van der Waals surface area contributed by atoms with Crippen molar-refractivity contribution >= 4 is 40.1 Å². The molecule has 184 valence electrons. The van der Waals surface area contributed by atoms with Gasteiger partial charge in [-0.2, -0.15) is 9.78 Å². The first-order chi connectivity index (χ1) is 17.5. The number of amides is 1. The highest BCUT2D eigenvalue weighted by atomic mass is 16.1. The van der Waals surface area contributed by atoms with Crippen molar-refractivity contribution in [1.82, 2.24) is 20.0 Å². The van der Waals surface area contributed by atoms with Crippen molar-refractivity contribution in [1.29, 1.82) is 0 Å². The topological polar surface area (TPSA) is 98.2 Å². The maximum absolute atomic E-state index is 13.3. The second-order valence-corrected chi connectivity index (χ2v) is 9.64. The summed E-state index contributed by atoms with van der Waals surface area (Å²) in [6.07, 6.45) is 9.60. The highest BCUT2D eigenvalue weighted by Gasteiger charge is 2.24. The number of allylic oxidation sites excluding steroid dienone is 1. The zero-order valence-corrected chi connectivity index (χ0v) is 20.9. The van der Waals surface area contributed by atoms with Gasteiger partial charge in [-0.3, -0.25) is 4.79 Å². The number of carbonyl (C=O) groups excluding carboxylic acids is 1. The van der Waals surface area contributed by atoms with Gasteiger partial charge in [-0.25, -0.2) is 9.97 Å². The summed E-state index contributed by atoms with van der Waals surface area (Å²) in [4.78, 5) is 22.8. The molecule has 0 atom stereocenters. The number of nitrogens with one attached hydrogen (secondary N) is 1. The highest BCUT2D eigenvalue weighted by Crippen LogP contribution is 2.28. The monoisotopic (exact) mass is 480 g/mol. The minimum atomic E-state index is -0.256. The van der Waals surface area contributed by atoms with Crippen LogP contribution in [0.5, 0.6) is 0 Å². The number of nitrogen functional groups attached to an aromatic ring is 1. The van der Waals surface area contributed by atoms with E-state index in [1.54, 1.807) is 6.21 Å². The van der Waals surface area contributed by atoms with Crippen molar-refractivity contribution in [3.63, 3.8) is 0 Å². The Morgan fingerprint density at radius 3 is 2.56 bits per heavy atom. The molecule has 2 aromatic carbocycles. The molecule has 36 heavy (non-hydrogen) atoms. The second kappa shape index (κ2) is 10.3. The van der Waals surface area contributed by atoms with Gasteiger partial charge < -0.3 is 11.1 Å². The molecule has 0 aliphatic heterocycles. The van der Waals surface area contributed by atoms with Crippen molar-refractivity contribution in [3.05, 3.63) is 76.9 Å². The summed E-state index contributed by atoms with van der Waals surface area (Å²) in [6.45, 7) is 4.89. The van der Waals surface area contributed by atoms with Crippen LogP contribution in [-0.2, 0) is 0 Å². The molecule has 0 bridgehead atoms. The van der Waals surface area contributed by atoms with Gasteiger partial charge in [0.05, 0.1) is 17.2 Å². The van der Waals surface area contributed by atoms with Crippen molar-refractivity contribution in [2.24, 2.45) is 5.10 Å². The number of hydrogen-bond acceptors (Lipinski definition) is 5. The lowest BCUT2D eigenvalue weighted by molar-refractivity contribution is 0.0956. The van der Waals surface area contributed by atoms with E-state index >= 15 is 0 Å². The molecule has 0 radical (unpaired) electrons. The summed E-state index contributed by atoms with van der Waals surface area (Å²) in [5.74, 6) is 0.428. The third kappa shape index (κ3) is 4.87. The standard InChI is InChI=1S/C29H32N6O/c1-19(2)22-14-12-21(13-15-22)18-32-35-27(30)25(29(36)31-17-16-20-8-4-3-5-9-20)26-28(35)34-24-11-7-6-10-23(24)33-26/h6-8,10-15,18-19H,3-5,9,16-17,30H2,1-2H3,(H,31,36)/b32-18+. The van der Waals surface area contributed by atoms with Gasteiger partial charge >= 0.3 is 0 Å². The van der Waals surface area contributed by atoms with Crippen LogP contribution in [0, 0.1) is 0 Å². The molecule has 7 heteroatoms. The predicted octanol–water partition coefficient (Wildman–Crippen LogP) is 5.79. The lowest BCUT2D eigenvalue weighted by atomic mass is 9.97. The number of nitrogens with two attached hydrogens (primary N) is 1. The fourth-order valence-corrected chi connectivity index (χ4v) is 4.64. The van der Waals surface area contributed by atoms with Gasteiger partial charge in [0, 0.05) is 6.54 Å². The lowest BCUT2D eigenvalue weighted by Crippen LogP contribution is -2.25. The van der Waals surface area contributed by atoms with E-state index in [2.05, 4.69) is 42.5 Å². The number of hydrogen-bond donors (Lipinski definition) is 2. The molecule has 4 aromatic rings. The number of benzene rings is 2. The number of rotatable bonds is 7. The number of anilines is 1. The first-order valence-electron chi connectivity index (χ1n) is 12.7. The summed E-state index contributed by atoms with van der Waals surface area (Å²) in [6, 6.07) is 15.8. The second-order valence-electron chi connectivity index (χ2n) is 9.64. The molecule has 2 aromatic heterocycles. The summed E-state index contributed by atoms with van der Waals surface area (Å²) < 4.78 is 1.52. The van der Waals surface area contributed by atoms with Crippen LogP contribution in [-0.4, -0.2) is 33.3 Å². The number of fused-ring (bicyclic) bond motifs is 2. The number of carbonyl (C=O) groups is 1. The van der Waals surface area contributed by atoms with Gasteiger partial charge in [-0.15, -0.1) is 0 Å². The van der Waals surface area contributed by atoms with E-state index in [4.69, 9.17) is 15.7 Å². The lowest BCUT2D eigenvalue weighted by Gasteiger charge is -2.12. The van der Waals surface area contributed by atoms with Crippen molar-refractivity contribution in [2.45, 2.75) is 51.9 Å². The molecular weight excluding hydrogens is 448 g/mol. The van der Waals surface area contributed by atoms with Gasteiger partial charge in [0.1, 0.15) is 16.9 Å². The van der Waals surface area contributed by atoms with E-state index in [1.807, 2.05) is 36.4 Å². The van der Waals surface area contributed by atoms with Crippen LogP contribution in [0.3, 0.4) is 0 Å². The molecule has 1 amide bonds. The van der Waals surface area contributed by atoms with Crippen molar-refractivity contribution in [3.8, 4) is 0 Å². The first-order valence-corrected chi connectivity index (χ1v) is 12.7. The fourth-order valence-electron chi connectivity index (χ4n) is 4.64. The molecule has 0 unspecified atom stereocenters. The van der Waals surface area contributed by atoms with Crippen LogP contribution in [0.4, 0.5) is 5.82 Å². The predicted molar refractivity (Wildman–Crippen MR) is 146 cm³/mol. The number of nitrogens with zero attached hydrogens (tertiary/aromatic N) is 4. The zero-order valence-electron chi connectivity index (χ0n) is 20.9. The molecule has 0 saturated carbocycles. The highest BCUT2D eigenvalue weighted by molar-refractivity contribution is 6.10. The van der Waals surface area contributed by atoms with Crippen LogP contribution in [0.2, 0.25) is 0 Å². The summed E-state index contributed by atoms with van der Waals surface area (Å²) in [7, 11) is 0. The maximum Gasteiger partial charge on any atom is 0.257 e. The van der Waals surface area contributed by atoms with Crippen LogP contribution in [0.15, 0.2) is 65.3 Å². The molecule has 7 nitrogen and oxygen atoms in total. The summed E-state index contributed by atoms with van der Waals surface area (Å²) in [5, 5.41) is 7.66. The Kier molecular flexibility index (Phi) is 6.80. The Hall–Kier alpha value is -4.00. The van der Waals surface area contributed by atoms with Gasteiger partial charge in [-0.1, -0.05) is 61.9 Å². The zero-order chi connectivity index (χ0) is 25.1. The van der Waals surface area contributed by atoms with Gasteiger partial charge in [0.2, 0.25) is 0 Å². The van der Waals surface area contributed by atoms with E-state index < -0.39 is 0 Å². The molecule has 5 rings (SSSR count). The Balaban J connectivity index is 1.49. The third-order valence-corrected chi connectivity index (χ3v) is 6.74. The minimum absolute atomic E-state index is 0.227. The molecule has 0 fully saturated rings. The summed E-state index contributed by atoms with van der Waals surface area (Å²) in [5.41, 5.74) is 12.8. The molecule has 2 heterocycles. The van der Waals surface area contributed by atoms with Gasteiger partial charge in [0.25, 0.3) is 5.91 Å². The van der Waals surface area contributed by atoms with E-state index in [1.165, 1.54) is 28.7 Å². The molecule has 1 aliphatic carbocycles. The summed E-state index contributed by atoms with van der Waals surface area (Å²) >= 11 is 0. The number of para-hydroxylation sites is 2. The van der Waals surface area contributed by atoms with Crippen molar-refractivity contribution in [2.75, 3.05) is 12.3 Å². The number of aromatic nitrogens is 3. The van der Waals surface area contributed by atoms with Gasteiger partial charge in [0.15, 0.2) is 5.65 Å². The smallest absolute Gasteiger partial charge is 0.257 e. The van der Waals surface area contributed by atoms with Crippen molar-refractivity contribution < 1.29 is 4.79 Å². The van der Waals surface area contributed by atoms with Gasteiger partial charge in [-0.05, 0) is 61.3 Å². The molecule has 0 spiro atoms. The third-order valence-electron chi connectivity index (χ3n) is 6.74. The van der Waals surface area contributed by atoms with Crippen LogP contribution >= 0.6 is 0 Å². The fraction of sp³-hybridized carbons (Fsp3) is 0.310. The Morgan fingerprint density at radius 2 is 1.86 bits per heavy atom. The molecule has 1 aliphatic rings. The van der Waals surface area contributed by atoms with Crippen LogP contribution in [0.25, 0.3) is 22.2 Å². The average Bonchev–Trinajstić information content (AvgIpc) is 3.16. The average molecular weight is 481 g/mol. The minimum Gasteiger partial charge on any atom is -0.383 e. The first kappa shape index (κ1) is 23.7. The quantitative estimate of drug-likeness (QED) is 0.258. The normalized spacial score (nSPS) is 14.1. The molecule has 0 saturated heterocycles. The SMILES string of the molecule is CC(C)c1ccc(/C=N/n2c(N)c(C(=O)NCCC3=CCCCC3)c3nc4ccccc4nc32)cc1. The van der Waals surface area contributed by atoms with Crippen LogP contribution < -0.4 is 11.1 Å². The van der Waals surface area contributed by atoms with Crippen LogP contribution in [0.1, 0.15) is 73.4 Å². The molecule has 3 N–H and O–H groups in total. The van der Waals surface area contributed by atoms with E-state index in [0.717, 1.165) is 30.3 Å². The maximum atomic E-state index is 13.3. The van der Waals surface area contributed by atoms with E-state index in [0.29, 0.717) is 34.7 Å². The molecular formula is C29H32N6O. The largest absolute Gasteiger partial charge is 0.383 e. The Labute approximate surface area is 211 Å².